The Bertz CT molecular complexity index is 839. The molecule has 0 saturated carbocycles. The highest BCUT2D eigenvalue weighted by atomic mass is 79.9. The topological polar surface area (TPSA) is 117 Å². The number of halogens is 1. The predicted octanol–water partition coefficient (Wildman–Crippen LogP) is 3.36. The van der Waals surface area contributed by atoms with Crippen molar-refractivity contribution < 1.29 is 19.1 Å². The average molecular weight is 482 g/mol. The molecular weight excluding hydrogens is 454 g/mol. The van der Waals surface area contributed by atoms with Gasteiger partial charge < -0.3 is 19.7 Å². The summed E-state index contributed by atoms with van der Waals surface area (Å²) in [5.41, 5.74) is -0.517. The van der Waals surface area contributed by atoms with E-state index in [2.05, 4.69) is 37.3 Å². The Labute approximate surface area is 185 Å². The Hall–Kier alpha value is -2.41. The molecule has 1 aromatic heterocycles. The number of hydrogen-bond donors (Lipinski definition) is 1. The number of aryl methyl sites for hydroxylation is 1. The van der Waals surface area contributed by atoms with E-state index in [1.54, 1.807) is 34.6 Å². The Morgan fingerprint density at radius 3 is 2.47 bits per heavy atom. The first-order valence-corrected chi connectivity index (χ1v) is 10.6. The van der Waals surface area contributed by atoms with Gasteiger partial charge in [-0.3, -0.25) is 0 Å². The summed E-state index contributed by atoms with van der Waals surface area (Å²) in [6.45, 7) is 10.3. The van der Waals surface area contributed by atoms with Crippen LogP contribution in [0.15, 0.2) is 4.60 Å². The zero-order chi connectivity index (χ0) is 22.5. The minimum Gasteiger partial charge on any atom is -0.461 e. The first-order valence-electron chi connectivity index (χ1n) is 9.84. The minimum absolute atomic E-state index is 0.144. The third-order valence-electron chi connectivity index (χ3n) is 4.69. The van der Waals surface area contributed by atoms with E-state index in [1.165, 1.54) is 0 Å². The predicted molar refractivity (Wildman–Crippen MR) is 114 cm³/mol. The summed E-state index contributed by atoms with van der Waals surface area (Å²) < 4.78 is 10.9. The number of esters is 1. The van der Waals surface area contributed by atoms with E-state index in [1.807, 2.05) is 4.90 Å². The maximum Gasteiger partial charge on any atom is 0.407 e. The number of carbonyl (C=O) groups excluding carboxylic acids is 2. The van der Waals surface area contributed by atoms with Crippen molar-refractivity contribution in [1.82, 2.24) is 15.3 Å². The van der Waals surface area contributed by atoms with Gasteiger partial charge in [-0.25, -0.2) is 19.6 Å². The zero-order valence-corrected chi connectivity index (χ0v) is 19.6. The average Bonchev–Trinajstić information content (AvgIpc) is 2.67. The Kier molecular flexibility index (Phi) is 7.64. The zero-order valence-electron chi connectivity index (χ0n) is 18.0. The second-order valence-corrected chi connectivity index (χ2v) is 8.98. The number of nitriles is 1. The van der Waals surface area contributed by atoms with Crippen LogP contribution in [0.1, 0.15) is 56.7 Å². The molecule has 1 N–H and O–H groups in total. The molecule has 0 unspecified atom stereocenters. The van der Waals surface area contributed by atoms with E-state index >= 15 is 0 Å². The first kappa shape index (κ1) is 23.9. The number of amides is 1. The molecule has 9 nitrogen and oxygen atoms in total. The molecule has 0 aromatic carbocycles. The van der Waals surface area contributed by atoms with Crippen molar-refractivity contribution in [2.45, 2.75) is 53.1 Å². The number of rotatable bonds is 5. The van der Waals surface area contributed by atoms with Crippen molar-refractivity contribution in [2.24, 2.45) is 5.41 Å². The molecular formula is C20H28BrN5O4. The fourth-order valence-corrected chi connectivity index (χ4v) is 3.34. The summed E-state index contributed by atoms with van der Waals surface area (Å²) in [4.78, 5) is 35.1. The summed E-state index contributed by atoms with van der Waals surface area (Å²) in [5, 5.41) is 12.5. The quantitative estimate of drug-likeness (QED) is 0.635. The number of aromatic nitrogens is 2. The lowest BCUT2D eigenvalue weighted by Gasteiger charge is -2.38. The van der Waals surface area contributed by atoms with E-state index in [9.17, 15) is 14.9 Å². The van der Waals surface area contributed by atoms with Crippen LogP contribution in [0.2, 0.25) is 0 Å². The molecule has 0 aliphatic carbocycles. The van der Waals surface area contributed by atoms with Crippen LogP contribution in [0.25, 0.3) is 0 Å². The molecule has 1 saturated heterocycles. The number of nitrogens with zero attached hydrogens (tertiary/aromatic N) is 4. The first-order chi connectivity index (χ1) is 14.0. The molecule has 0 bridgehead atoms. The second kappa shape index (κ2) is 9.60. The lowest BCUT2D eigenvalue weighted by atomic mass is 9.79. The maximum absolute atomic E-state index is 12.4. The van der Waals surface area contributed by atoms with Gasteiger partial charge in [0.15, 0.2) is 11.5 Å². The largest absolute Gasteiger partial charge is 0.461 e. The second-order valence-electron chi connectivity index (χ2n) is 8.23. The van der Waals surface area contributed by atoms with Gasteiger partial charge in [-0.15, -0.1) is 0 Å². The van der Waals surface area contributed by atoms with E-state index < -0.39 is 23.1 Å². The maximum atomic E-state index is 12.4. The molecule has 0 atom stereocenters. The summed E-state index contributed by atoms with van der Waals surface area (Å²) in [7, 11) is 0. The van der Waals surface area contributed by atoms with E-state index in [-0.39, 0.29) is 18.8 Å². The number of ether oxygens (including phenoxy) is 2. The molecule has 1 fully saturated rings. The van der Waals surface area contributed by atoms with Crippen molar-refractivity contribution in [1.29, 1.82) is 5.26 Å². The molecule has 2 heterocycles. The van der Waals surface area contributed by atoms with Crippen molar-refractivity contribution in [3.05, 3.63) is 16.0 Å². The van der Waals surface area contributed by atoms with E-state index in [0.717, 1.165) is 0 Å². The van der Waals surface area contributed by atoms with Crippen LogP contribution in [-0.4, -0.2) is 53.9 Å². The van der Waals surface area contributed by atoms with Crippen LogP contribution >= 0.6 is 15.9 Å². The monoisotopic (exact) mass is 481 g/mol. The summed E-state index contributed by atoms with van der Waals surface area (Å²) in [5.74, 6) is -0.0924. The normalized spacial score (nSPS) is 15.8. The van der Waals surface area contributed by atoms with Crippen LogP contribution in [0.4, 0.5) is 10.6 Å². The molecule has 1 aromatic rings. The van der Waals surface area contributed by atoms with Crippen molar-refractivity contribution in [3.8, 4) is 6.07 Å². The highest BCUT2D eigenvalue weighted by Gasteiger charge is 2.37. The Morgan fingerprint density at radius 2 is 1.93 bits per heavy atom. The molecule has 0 radical (unpaired) electrons. The van der Waals surface area contributed by atoms with Crippen molar-refractivity contribution >= 4 is 33.8 Å². The third kappa shape index (κ3) is 6.05. The lowest BCUT2D eigenvalue weighted by Crippen LogP contribution is -2.47. The molecule has 1 aliphatic heterocycles. The molecule has 1 amide bonds. The Balaban J connectivity index is 2.12. The number of hydrogen-bond acceptors (Lipinski definition) is 8. The molecule has 164 valence electrons. The van der Waals surface area contributed by atoms with Crippen LogP contribution in [0.5, 0.6) is 0 Å². The number of carbonyl (C=O) groups is 2. The van der Waals surface area contributed by atoms with E-state index in [4.69, 9.17) is 9.47 Å². The highest BCUT2D eigenvalue weighted by Crippen LogP contribution is 2.33. The lowest BCUT2D eigenvalue weighted by molar-refractivity contribution is 0.0497. The van der Waals surface area contributed by atoms with Crippen molar-refractivity contribution in [2.75, 3.05) is 31.1 Å². The van der Waals surface area contributed by atoms with Crippen LogP contribution in [-0.2, 0) is 9.47 Å². The summed E-state index contributed by atoms with van der Waals surface area (Å²) >= 11 is 3.31. The fourth-order valence-electron chi connectivity index (χ4n) is 3.07. The fraction of sp³-hybridized carbons (Fsp3) is 0.650. The smallest absolute Gasteiger partial charge is 0.407 e. The summed E-state index contributed by atoms with van der Waals surface area (Å²) in [6.07, 6.45) is 0.454. The molecule has 10 heteroatoms. The molecule has 2 rings (SSSR count). The van der Waals surface area contributed by atoms with Crippen LogP contribution in [0.3, 0.4) is 0 Å². The van der Waals surface area contributed by atoms with Gasteiger partial charge in [-0.1, -0.05) is 0 Å². The van der Waals surface area contributed by atoms with Gasteiger partial charge in [-0.2, -0.15) is 5.26 Å². The van der Waals surface area contributed by atoms with Gasteiger partial charge in [0, 0.05) is 19.6 Å². The van der Waals surface area contributed by atoms with Gasteiger partial charge >= 0.3 is 12.1 Å². The van der Waals surface area contributed by atoms with Crippen LogP contribution < -0.4 is 10.2 Å². The number of nitrogens with one attached hydrogen (secondary N) is 1. The van der Waals surface area contributed by atoms with Gasteiger partial charge in [0.2, 0.25) is 0 Å². The molecule has 30 heavy (non-hydrogen) atoms. The number of piperidine rings is 1. The summed E-state index contributed by atoms with van der Waals surface area (Å²) in [6, 6.07) is 2.35. The van der Waals surface area contributed by atoms with Gasteiger partial charge in [0.1, 0.15) is 10.2 Å². The Morgan fingerprint density at radius 1 is 1.30 bits per heavy atom. The highest BCUT2D eigenvalue weighted by molar-refractivity contribution is 9.10. The van der Waals surface area contributed by atoms with Gasteiger partial charge in [0.05, 0.1) is 23.8 Å². The van der Waals surface area contributed by atoms with Crippen molar-refractivity contribution in [3.63, 3.8) is 0 Å². The van der Waals surface area contributed by atoms with Gasteiger partial charge in [0.25, 0.3) is 0 Å². The van der Waals surface area contributed by atoms with E-state index in [0.29, 0.717) is 42.0 Å². The minimum atomic E-state index is -0.713. The third-order valence-corrected chi connectivity index (χ3v) is 5.44. The molecule has 1 aliphatic rings. The SMILES string of the molecule is CCOC(=O)c1nc(Br)c(C)nc1N1CCC(C#N)(CNC(=O)OC(C)(C)C)CC1. The number of alkyl carbamates (subject to hydrolysis) is 1. The standard InChI is InChI=1S/C20H28BrN5O4/c1-6-29-17(27)14-16(24-13(2)15(21)25-14)26-9-7-20(11-22,8-10-26)12-23-18(28)30-19(3,4)5/h6-10,12H2,1-5H3,(H,23,28). The van der Waals surface area contributed by atoms with Crippen LogP contribution in [0, 0.1) is 23.7 Å². The van der Waals surface area contributed by atoms with Gasteiger partial charge in [-0.05, 0) is 63.4 Å². The molecule has 0 spiro atoms. The number of anilines is 1.